The first kappa shape index (κ1) is 21.8. The molecule has 0 amide bonds. The molecule has 2 fully saturated rings. The zero-order valence-corrected chi connectivity index (χ0v) is 18.8. The van der Waals surface area contributed by atoms with Crippen LogP contribution in [0.1, 0.15) is 44.9 Å². The smallest absolute Gasteiger partial charge is 0.311 e. The molecule has 2 aliphatic carbocycles. The Morgan fingerprint density at radius 1 is 1.18 bits per heavy atom. The third-order valence-corrected chi connectivity index (χ3v) is 7.22. The SMILES string of the molecule is O=[N+]([O-])c1cc2c(Nc3ccc(F)c(Cl)c3)ncnc2cc1OCC1CC2(CCCCC2)C1. The molecule has 0 saturated heterocycles. The summed E-state index contributed by atoms with van der Waals surface area (Å²) in [6.07, 6.45) is 10.2. The molecule has 9 heteroatoms. The maximum Gasteiger partial charge on any atom is 0.311 e. The third-order valence-electron chi connectivity index (χ3n) is 6.93. The Balaban J connectivity index is 1.37. The van der Waals surface area contributed by atoms with E-state index in [1.54, 1.807) is 6.07 Å². The Morgan fingerprint density at radius 2 is 1.97 bits per heavy atom. The van der Waals surface area contributed by atoms with Crippen LogP contribution >= 0.6 is 11.6 Å². The highest BCUT2D eigenvalue weighted by atomic mass is 35.5. The van der Waals surface area contributed by atoms with Crippen LogP contribution in [0, 0.1) is 27.3 Å². The van der Waals surface area contributed by atoms with Crippen LogP contribution in [0.4, 0.5) is 21.6 Å². The van der Waals surface area contributed by atoms with Crippen LogP contribution in [0.15, 0.2) is 36.7 Å². The fourth-order valence-corrected chi connectivity index (χ4v) is 5.52. The highest BCUT2D eigenvalue weighted by Crippen LogP contribution is 2.54. The highest BCUT2D eigenvalue weighted by molar-refractivity contribution is 6.31. The van der Waals surface area contributed by atoms with Gasteiger partial charge in [0.25, 0.3) is 0 Å². The Kier molecular flexibility index (Phi) is 5.78. The number of rotatable bonds is 6. The first-order valence-electron chi connectivity index (χ1n) is 11.2. The Hall–Kier alpha value is -3.00. The molecule has 172 valence electrons. The number of anilines is 2. The topological polar surface area (TPSA) is 90.2 Å². The zero-order valence-electron chi connectivity index (χ0n) is 18.0. The van der Waals surface area contributed by atoms with E-state index in [0.717, 1.165) is 12.8 Å². The molecule has 0 aliphatic heterocycles. The van der Waals surface area contributed by atoms with Crippen LogP contribution in [-0.4, -0.2) is 21.5 Å². The number of fused-ring (bicyclic) bond motifs is 1. The Bertz CT molecular complexity index is 1210. The van der Waals surface area contributed by atoms with Crippen molar-refractivity contribution < 1.29 is 14.1 Å². The predicted molar refractivity (Wildman–Crippen MR) is 125 cm³/mol. The van der Waals surface area contributed by atoms with Crippen LogP contribution < -0.4 is 10.1 Å². The Morgan fingerprint density at radius 3 is 2.70 bits per heavy atom. The van der Waals surface area contributed by atoms with Crippen molar-refractivity contribution in [3.05, 3.63) is 57.6 Å². The average Bonchev–Trinajstić information content (AvgIpc) is 2.79. The van der Waals surface area contributed by atoms with Crippen molar-refractivity contribution in [2.75, 3.05) is 11.9 Å². The van der Waals surface area contributed by atoms with Gasteiger partial charge in [0.1, 0.15) is 18.0 Å². The molecular formula is C24H24ClFN4O3. The van der Waals surface area contributed by atoms with Gasteiger partial charge in [0, 0.05) is 17.8 Å². The van der Waals surface area contributed by atoms with Crippen molar-refractivity contribution >= 4 is 39.7 Å². The van der Waals surface area contributed by atoms with Gasteiger partial charge in [-0.2, -0.15) is 0 Å². The van der Waals surface area contributed by atoms with Gasteiger partial charge >= 0.3 is 5.69 Å². The molecule has 2 saturated carbocycles. The molecule has 5 rings (SSSR count). The van der Waals surface area contributed by atoms with Crippen LogP contribution in [0.3, 0.4) is 0 Å². The van der Waals surface area contributed by atoms with E-state index in [9.17, 15) is 14.5 Å². The molecule has 1 N–H and O–H groups in total. The molecule has 1 heterocycles. The third kappa shape index (κ3) is 4.44. The van der Waals surface area contributed by atoms with Gasteiger partial charge < -0.3 is 10.1 Å². The van der Waals surface area contributed by atoms with Crippen molar-refractivity contribution in [1.29, 1.82) is 0 Å². The van der Waals surface area contributed by atoms with Gasteiger partial charge in [-0.05, 0) is 55.2 Å². The minimum Gasteiger partial charge on any atom is -0.486 e. The first-order valence-corrected chi connectivity index (χ1v) is 11.6. The van der Waals surface area contributed by atoms with Crippen LogP contribution in [-0.2, 0) is 0 Å². The number of nitrogens with zero attached hydrogens (tertiary/aromatic N) is 3. The van der Waals surface area contributed by atoms with Gasteiger partial charge in [0.15, 0.2) is 5.75 Å². The van der Waals surface area contributed by atoms with E-state index in [1.807, 2.05) is 0 Å². The monoisotopic (exact) mass is 470 g/mol. The molecule has 0 atom stereocenters. The molecule has 1 aromatic heterocycles. The molecule has 0 radical (unpaired) electrons. The number of halogens is 2. The number of hydrogen-bond acceptors (Lipinski definition) is 6. The minimum absolute atomic E-state index is 0.0361. The first-order chi connectivity index (χ1) is 15.9. The summed E-state index contributed by atoms with van der Waals surface area (Å²) in [4.78, 5) is 19.8. The van der Waals surface area contributed by atoms with Crippen LogP contribution in [0.2, 0.25) is 5.02 Å². The molecule has 0 bridgehead atoms. The maximum absolute atomic E-state index is 13.5. The summed E-state index contributed by atoms with van der Waals surface area (Å²) in [5, 5.41) is 15.3. The summed E-state index contributed by atoms with van der Waals surface area (Å²) in [6, 6.07) is 7.18. The lowest BCUT2D eigenvalue weighted by Crippen LogP contribution is -2.41. The molecule has 2 aromatic carbocycles. The Labute approximate surface area is 195 Å². The molecule has 7 nitrogen and oxygen atoms in total. The molecule has 0 unspecified atom stereocenters. The van der Waals surface area contributed by atoms with E-state index >= 15 is 0 Å². The van der Waals surface area contributed by atoms with E-state index in [2.05, 4.69) is 15.3 Å². The highest BCUT2D eigenvalue weighted by Gasteiger charge is 2.44. The van der Waals surface area contributed by atoms with Gasteiger partial charge in [-0.25, -0.2) is 14.4 Å². The van der Waals surface area contributed by atoms with Crippen molar-refractivity contribution in [1.82, 2.24) is 9.97 Å². The van der Waals surface area contributed by atoms with E-state index in [1.165, 1.54) is 62.7 Å². The normalized spacial score (nSPS) is 17.6. The molecule has 33 heavy (non-hydrogen) atoms. The van der Waals surface area contributed by atoms with E-state index in [4.69, 9.17) is 16.3 Å². The number of ether oxygens (including phenoxy) is 1. The molecule has 2 aliphatic rings. The van der Waals surface area contributed by atoms with E-state index in [0.29, 0.717) is 40.3 Å². The van der Waals surface area contributed by atoms with Crippen molar-refractivity contribution in [2.45, 2.75) is 44.9 Å². The second kappa shape index (κ2) is 8.74. The summed E-state index contributed by atoms with van der Waals surface area (Å²) in [7, 11) is 0. The summed E-state index contributed by atoms with van der Waals surface area (Å²) < 4.78 is 19.4. The van der Waals surface area contributed by atoms with Gasteiger partial charge in [-0.1, -0.05) is 30.9 Å². The second-order valence-corrected chi connectivity index (χ2v) is 9.62. The second-order valence-electron chi connectivity index (χ2n) is 9.22. The fourth-order valence-electron chi connectivity index (χ4n) is 5.34. The predicted octanol–water partition coefficient (Wildman–Crippen LogP) is 6.81. The average molecular weight is 471 g/mol. The lowest BCUT2D eigenvalue weighted by Gasteiger charge is -2.50. The summed E-state index contributed by atoms with van der Waals surface area (Å²) in [5.41, 5.74) is 1.37. The zero-order chi connectivity index (χ0) is 23.0. The quantitative estimate of drug-likeness (QED) is 0.314. The van der Waals surface area contributed by atoms with Crippen LogP contribution in [0.25, 0.3) is 10.9 Å². The van der Waals surface area contributed by atoms with Crippen molar-refractivity contribution in [3.63, 3.8) is 0 Å². The number of aromatic nitrogens is 2. The van der Waals surface area contributed by atoms with Gasteiger partial charge in [0.05, 0.1) is 27.5 Å². The van der Waals surface area contributed by atoms with Gasteiger partial charge in [0.2, 0.25) is 0 Å². The molecular weight excluding hydrogens is 447 g/mol. The summed E-state index contributed by atoms with van der Waals surface area (Å²) in [5.74, 6) is 0.472. The van der Waals surface area contributed by atoms with Crippen molar-refractivity contribution in [2.24, 2.45) is 11.3 Å². The molecule has 1 spiro atoms. The number of nitro benzene ring substituents is 1. The van der Waals surface area contributed by atoms with Gasteiger partial charge in [-0.15, -0.1) is 0 Å². The molecule has 3 aromatic rings. The standard InChI is InChI=1S/C24H24ClFN4O3/c25-18-8-16(4-5-19(18)26)29-23-17-9-21(30(31)32)22(10-20(17)27-14-28-23)33-13-15-11-24(12-15)6-2-1-3-7-24/h4-5,8-10,14-15H,1-3,6-7,11-13H2,(H,27,28,29). The number of nitro groups is 1. The summed E-state index contributed by atoms with van der Waals surface area (Å²) in [6.45, 7) is 0.471. The number of hydrogen-bond donors (Lipinski definition) is 1. The van der Waals surface area contributed by atoms with E-state index in [-0.39, 0.29) is 16.5 Å². The van der Waals surface area contributed by atoms with E-state index < -0.39 is 10.7 Å². The lowest BCUT2D eigenvalue weighted by atomic mass is 9.56. The largest absolute Gasteiger partial charge is 0.486 e. The van der Waals surface area contributed by atoms with Gasteiger partial charge in [-0.3, -0.25) is 10.1 Å². The summed E-state index contributed by atoms with van der Waals surface area (Å²) >= 11 is 5.86. The number of nitrogens with one attached hydrogen (secondary N) is 1. The number of benzene rings is 2. The lowest BCUT2D eigenvalue weighted by molar-refractivity contribution is -0.385. The van der Waals surface area contributed by atoms with Crippen molar-refractivity contribution in [3.8, 4) is 5.75 Å². The maximum atomic E-state index is 13.5. The fraction of sp³-hybridized carbons (Fsp3) is 0.417. The minimum atomic E-state index is -0.534. The van der Waals surface area contributed by atoms with Crippen LogP contribution in [0.5, 0.6) is 5.75 Å².